The summed E-state index contributed by atoms with van der Waals surface area (Å²) in [5, 5.41) is 1.10. The smallest absolute Gasteiger partial charge is 0.141 e. The summed E-state index contributed by atoms with van der Waals surface area (Å²) in [6, 6.07) is 6.01. The third kappa shape index (κ3) is 1.37. The molecule has 1 aromatic heterocycles. The van der Waals surface area contributed by atoms with Crippen LogP contribution in [0.5, 0.6) is 0 Å². The number of allylic oxidation sites excluding steroid dienone is 1. The van der Waals surface area contributed by atoms with Crippen LogP contribution in [0.2, 0.25) is 0 Å². The molecule has 0 aliphatic carbocycles. The van der Waals surface area contributed by atoms with Crippen molar-refractivity contribution in [3.05, 3.63) is 36.2 Å². The number of anilines is 1. The summed E-state index contributed by atoms with van der Waals surface area (Å²) in [4.78, 5) is 2.41. The third-order valence-electron chi connectivity index (χ3n) is 4.18. The minimum absolute atomic E-state index is 0.671. The molecule has 2 bridgehead atoms. The Bertz CT molecular complexity index is 633. The number of hydrogen-bond acceptors (Lipinski definition) is 3. The molecule has 3 aliphatic heterocycles. The molecular weight excluding hydrogens is 224 g/mol. The number of fused-ring (bicyclic) bond motifs is 3. The van der Waals surface area contributed by atoms with Crippen molar-refractivity contribution in [3.8, 4) is 0 Å². The zero-order chi connectivity index (χ0) is 12.1. The molecule has 18 heavy (non-hydrogen) atoms. The van der Waals surface area contributed by atoms with Gasteiger partial charge >= 0.3 is 0 Å². The molecule has 5 rings (SSSR count). The number of furan rings is 1. The second-order valence-corrected chi connectivity index (χ2v) is 5.30. The van der Waals surface area contributed by atoms with Crippen LogP contribution in [0.3, 0.4) is 0 Å². The fraction of sp³-hybridized carbons (Fsp3) is 0.333. The molecule has 2 aromatic rings. The van der Waals surface area contributed by atoms with Gasteiger partial charge in [0.1, 0.15) is 5.58 Å². The van der Waals surface area contributed by atoms with E-state index in [-0.39, 0.29) is 0 Å². The van der Waals surface area contributed by atoms with Crippen LogP contribution in [0.15, 0.2) is 35.1 Å². The van der Waals surface area contributed by atoms with Crippen molar-refractivity contribution in [1.29, 1.82) is 0 Å². The van der Waals surface area contributed by atoms with Crippen LogP contribution in [-0.2, 0) is 0 Å². The lowest BCUT2D eigenvalue weighted by molar-refractivity contribution is 0.252. The first-order chi connectivity index (χ1) is 8.81. The fourth-order valence-electron chi connectivity index (χ4n) is 3.25. The van der Waals surface area contributed by atoms with E-state index in [1.54, 1.807) is 6.26 Å². The molecule has 92 valence electrons. The number of nitrogens with two attached hydrogens (primary N) is 1. The average Bonchev–Trinajstić information content (AvgIpc) is 2.87. The summed E-state index contributed by atoms with van der Waals surface area (Å²) < 4.78 is 5.65. The van der Waals surface area contributed by atoms with Crippen LogP contribution < -0.4 is 5.73 Å². The number of benzene rings is 1. The normalized spacial score (nSPS) is 19.6. The predicted molar refractivity (Wildman–Crippen MR) is 72.9 cm³/mol. The van der Waals surface area contributed by atoms with Crippen molar-refractivity contribution in [3.63, 3.8) is 0 Å². The summed E-state index contributed by atoms with van der Waals surface area (Å²) in [5.74, 6) is 0.671. The van der Waals surface area contributed by atoms with E-state index in [0.29, 0.717) is 5.92 Å². The third-order valence-corrected chi connectivity index (χ3v) is 4.18. The van der Waals surface area contributed by atoms with Crippen LogP contribution in [0.25, 0.3) is 16.5 Å². The van der Waals surface area contributed by atoms with E-state index in [4.69, 9.17) is 10.2 Å². The molecule has 0 radical (unpaired) electrons. The number of nitrogen functional groups attached to an aromatic ring is 1. The van der Waals surface area contributed by atoms with Crippen molar-refractivity contribution >= 4 is 22.2 Å². The Morgan fingerprint density at radius 1 is 1.22 bits per heavy atom. The molecule has 4 heterocycles. The molecule has 3 aliphatic rings. The van der Waals surface area contributed by atoms with E-state index in [9.17, 15) is 0 Å². The monoisotopic (exact) mass is 240 g/mol. The second-order valence-electron chi connectivity index (χ2n) is 5.30. The number of nitrogens with zero attached hydrogens (tertiary/aromatic N) is 1. The molecule has 0 amide bonds. The lowest BCUT2D eigenvalue weighted by Crippen LogP contribution is -2.35. The first-order valence-electron chi connectivity index (χ1n) is 6.54. The number of rotatable bonds is 1. The van der Waals surface area contributed by atoms with Gasteiger partial charge in [-0.15, -0.1) is 0 Å². The standard InChI is InChI=1S/C15H16N2O/c16-12-7-11-3-6-18-15(11)13(8-12)14-9-17-4-1-10(14)2-5-17/h3,6-10H,1-2,4-5,16H2. The van der Waals surface area contributed by atoms with Gasteiger partial charge in [-0.3, -0.25) is 0 Å². The van der Waals surface area contributed by atoms with Gasteiger partial charge in [0.05, 0.1) is 6.26 Å². The van der Waals surface area contributed by atoms with E-state index in [1.165, 1.54) is 37.1 Å². The predicted octanol–water partition coefficient (Wildman–Crippen LogP) is 3.08. The van der Waals surface area contributed by atoms with Crippen molar-refractivity contribution in [2.45, 2.75) is 12.8 Å². The van der Waals surface area contributed by atoms with Gasteiger partial charge in [0, 0.05) is 35.9 Å². The van der Waals surface area contributed by atoms with Gasteiger partial charge in [-0.05, 0) is 42.5 Å². The Morgan fingerprint density at radius 3 is 2.78 bits per heavy atom. The van der Waals surface area contributed by atoms with E-state index < -0.39 is 0 Å². The SMILES string of the molecule is Nc1cc(C2=CN3CCC2CC3)c2occc2c1. The fourth-order valence-corrected chi connectivity index (χ4v) is 3.25. The second kappa shape index (κ2) is 3.55. The maximum atomic E-state index is 6.01. The minimum atomic E-state index is 0.671. The van der Waals surface area contributed by atoms with Crippen LogP contribution in [-0.4, -0.2) is 18.0 Å². The zero-order valence-electron chi connectivity index (χ0n) is 10.2. The zero-order valence-corrected chi connectivity index (χ0v) is 10.2. The largest absolute Gasteiger partial charge is 0.464 e. The van der Waals surface area contributed by atoms with Gasteiger partial charge in [0.25, 0.3) is 0 Å². The molecule has 0 saturated carbocycles. The average molecular weight is 240 g/mol. The summed E-state index contributed by atoms with van der Waals surface area (Å²) in [6.07, 6.45) is 6.55. The van der Waals surface area contributed by atoms with Crippen LogP contribution >= 0.6 is 0 Å². The van der Waals surface area contributed by atoms with Crippen LogP contribution in [0.1, 0.15) is 18.4 Å². The van der Waals surface area contributed by atoms with Crippen molar-refractivity contribution in [1.82, 2.24) is 4.90 Å². The highest BCUT2D eigenvalue weighted by molar-refractivity contribution is 5.93. The lowest BCUT2D eigenvalue weighted by atomic mass is 9.82. The highest BCUT2D eigenvalue weighted by Gasteiger charge is 2.29. The van der Waals surface area contributed by atoms with Gasteiger partial charge in [0.15, 0.2) is 0 Å². The van der Waals surface area contributed by atoms with Gasteiger partial charge in [-0.2, -0.15) is 0 Å². The lowest BCUT2D eigenvalue weighted by Gasteiger charge is -2.39. The summed E-state index contributed by atoms with van der Waals surface area (Å²) in [7, 11) is 0. The molecule has 1 fully saturated rings. The summed E-state index contributed by atoms with van der Waals surface area (Å²) in [6.45, 7) is 2.38. The maximum Gasteiger partial charge on any atom is 0.141 e. The van der Waals surface area contributed by atoms with Crippen molar-refractivity contribution < 1.29 is 4.42 Å². The van der Waals surface area contributed by atoms with Crippen LogP contribution in [0.4, 0.5) is 5.69 Å². The van der Waals surface area contributed by atoms with Gasteiger partial charge in [-0.1, -0.05) is 0 Å². The highest BCUT2D eigenvalue weighted by Crippen LogP contribution is 2.40. The van der Waals surface area contributed by atoms with E-state index >= 15 is 0 Å². The Kier molecular flexibility index (Phi) is 1.98. The first kappa shape index (κ1) is 10.1. The summed E-state index contributed by atoms with van der Waals surface area (Å²) >= 11 is 0. The maximum absolute atomic E-state index is 6.01. The molecule has 3 nitrogen and oxygen atoms in total. The molecule has 0 spiro atoms. The van der Waals surface area contributed by atoms with Gasteiger partial charge < -0.3 is 15.1 Å². The summed E-state index contributed by atoms with van der Waals surface area (Å²) in [5.41, 5.74) is 10.4. The number of hydrogen-bond donors (Lipinski definition) is 1. The molecular formula is C15H16N2O. The van der Waals surface area contributed by atoms with Gasteiger partial charge in [-0.25, -0.2) is 0 Å². The highest BCUT2D eigenvalue weighted by atomic mass is 16.3. The molecule has 2 N–H and O–H groups in total. The van der Waals surface area contributed by atoms with E-state index in [0.717, 1.165) is 16.7 Å². The van der Waals surface area contributed by atoms with E-state index in [1.807, 2.05) is 12.1 Å². The quantitative estimate of drug-likeness (QED) is 0.779. The molecule has 3 heteroatoms. The Hall–Kier alpha value is -1.90. The Labute approximate surface area is 106 Å². The number of piperidine rings is 1. The molecule has 0 unspecified atom stereocenters. The molecule has 1 aromatic carbocycles. The Balaban J connectivity index is 1.94. The minimum Gasteiger partial charge on any atom is -0.464 e. The van der Waals surface area contributed by atoms with Crippen molar-refractivity contribution in [2.75, 3.05) is 18.8 Å². The van der Waals surface area contributed by atoms with Crippen LogP contribution in [0, 0.1) is 5.92 Å². The molecule has 1 saturated heterocycles. The topological polar surface area (TPSA) is 42.4 Å². The van der Waals surface area contributed by atoms with E-state index in [2.05, 4.69) is 17.2 Å². The van der Waals surface area contributed by atoms with Crippen molar-refractivity contribution in [2.24, 2.45) is 5.92 Å². The first-order valence-corrected chi connectivity index (χ1v) is 6.54. The Morgan fingerprint density at radius 2 is 2.06 bits per heavy atom. The molecule has 0 atom stereocenters. The van der Waals surface area contributed by atoms with Gasteiger partial charge in [0.2, 0.25) is 0 Å².